The van der Waals surface area contributed by atoms with E-state index >= 15 is 0 Å². The number of benzene rings is 1. The van der Waals surface area contributed by atoms with Crippen LogP contribution >= 0.6 is 11.6 Å². The monoisotopic (exact) mass is 478 g/mol. The van der Waals surface area contributed by atoms with Crippen LogP contribution in [-0.4, -0.2) is 45.3 Å². The van der Waals surface area contributed by atoms with Gasteiger partial charge < -0.3 is 20.6 Å². The number of hydrogen-bond donors (Lipinski definition) is 3. The van der Waals surface area contributed by atoms with Gasteiger partial charge in [-0.05, 0) is 68.7 Å². The van der Waals surface area contributed by atoms with E-state index in [4.69, 9.17) is 16.6 Å². The molecule has 1 aromatic carbocycles. The molecule has 2 aromatic heterocycles. The van der Waals surface area contributed by atoms with Crippen LogP contribution in [0, 0.1) is 0 Å². The lowest BCUT2D eigenvalue weighted by molar-refractivity contribution is 0.126. The van der Waals surface area contributed by atoms with Crippen molar-refractivity contribution in [2.24, 2.45) is 0 Å². The Labute approximate surface area is 205 Å². The maximum Gasteiger partial charge on any atom is 0.229 e. The molecule has 5 rings (SSSR count). The summed E-state index contributed by atoms with van der Waals surface area (Å²) in [5.41, 5.74) is 3.26. The number of aliphatic hydroxyl groups is 1. The number of halogens is 1. The minimum absolute atomic E-state index is 0.182. The van der Waals surface area contributed by atoms with E-state index in [1.807, 2.05) is 12.3 Å². The van der Waals surface area contributed by atoms with Crippen LogP contribution in [0.1, 0.15) is 50.0 Å². The quantitative estimate of drug-likeness (QED) is 0.410. The number of pyridine rings is 1. The maximum absolute atomic E-state index is 9.92. The average Bonchev–Trinajstić information content (AvgIpc) is 2.86. The molecule has 2 fully saturated rings. The Morgan fingerprint density at radius 3 is 2.44 bits per heavy atom. The molecule has 1 aliphatic heterocycles. The number of nitrogens with one attached hydrogen (secondary N) is 2. The van der Waals surface area contributed by atoms with E-state index in [-0.39, 0.29) is 6.10 Å². The number of anilines is 4. The number of nitrogens with zero attached hydrogens (tertiary/aromatic N) is 4. The van der Waals surface area contributed by atoms with E-state index in [2.05, 4.69) is 55.8 Å². The highest BCUT2D eigenvalue weighted by atomic mass is 35.5. The van der Waals surface area contributed by atoms with Crippen LogP contribution in [0.25, 0.3) is 0 Å². The highest BCUT2D eigenvalue weighted by Crippen LogP contribution is 2.35. The topological polar surface area (TPSA) is 86.2 Å². The standard InChI is InChI=1S/C26H31ClN6O/c27-24-16-20(10-13-28-24)31-26-29-17-23(25(32-26)30-19-6-8-22(34)9-7-19)18-11-14-33(15-12-18)21-4-2-1-3-5-21/h1-5,10,13,16-19,22,34H,6-9,11-12,14-15H2,(H2,28,29,30,31,32)/t19-,22-. The molecule has 1 saturated carbocycles. The average molecular weight is 479 g/mol. The van der Waals surface area contributed by atoms with Crippen LogP contribution in [0.4, 0.5) is 23.1 Å². The Hall–Kier alpha value is -2.90. The summed E-state index contributed by atoms with van der Waals surface area (Å²) < 4.78 is 0. The number of aliphatic hydroxyl groups excluding tert-OH is 1. The molecule has 1 saturated heterocycles. The van der Waals surface area contributed by atoms with Crippen LogP contribution in [0.5, 0.6) is 0 Å². The minimum Gasteiger partial charge on any atom is -0.393 e. The zero-order valence-electron chi connectivity index (χ0n) is 19.2. The fourth-order valence-electron chi connectivity index (χ4n) is 4.98. The van der Waals surface area contributed by atoms with E-state index in [1.54, 1.807) is 12.3 Å². The Balaban J connectivity index is 1.34. The summed E-state index contributed by atoms with van der Waals surface area (Å²) in [6.07, 6.45) is 9.11. The number of hydrogen-bond acceptors (Lipinski definition) is 7. The Morgan fingerprint density at radius 2 is 1.71 bits per heavy atom. The molecule has 0 spiro atoms. The lowest BCUT2D eigenvalue weighted by Crippen LogP contribution is -2.34. The van der Waals surface area contributed by atoms with Gasteiger partial charge in [-0.1, -0.05) is 29.8 Å². The second-order valence-corrected chi connectivity index (χ2v) is 9.62. The lowest BCUT2D eigenvalue weighted by Gasteiger charge is -2.35. The van der Waals surface area contributed by atoms with Crippen LogP contribution in [-0.2, 0) is 0 Å². The SMILES string of the molecule is O[C@H]1CC[C@H](Nc2nc(Nc3ccnc(Cl)c3)ncc2C2CCN(c3ccccc3)CC2)CC1. The van der Waals surface area contributed by atoms with Gasteiger partial charge in [-0.3, -0.25) is 0 Å². The number of piperidine rings is 1. The molecule has 0 bridgehead atoms. The second kappa shape index (κ2) is 10.6. The van der Waals surface area contributed by atoms with Gasteiger partial charge in [-0.15, -0.1) is 0 Å². The summed E-state index contributed by atoms with van der Waals surface area (Å²) in [5.74, 6) is 1.84. The third-order valence-corrected chi connectivity index (χ3v) is 7.10. The largest absolute Gasteiger partial charge is 0.393 e. The van der Waals surface area contributed by atoms with Crippen molar-refractivity contribution in [3.63, 3.8) is 0 Å². The lowest BCUT2D eigenvalue weighted by atomic mass is 9.89. The first-order valence-corrected chi connectivity index (χ1v) is 12.5. The van der Waals surface area contributed by atoms with Gasteiger partial charge in [0.25, 0.3) is 0 Å². The van der Waals surface area contributed by atoms with Crippen LogP contribution < -0.4 is 15.5 Å². The van der Waals surface area contributed by atoms with Gasteiger partial charge in [0.1, 0.15) is 11.0 Å². The molecular weight excluding hydrogens is 448 g/mol. The predicted octanol–water partition coefficient (Wildman–Crippen LogP) is 5.37. The minimum atomic E-state index is -0.182. The van der Waals surface area contributed by atoms with Crippen LogP contribution in [0.3, 0.4) is 0 Å². The Kier molecular flexibility index (Phi) is 7.11. The molecule has 2 aliphatic rings. The summed E-state index contributed by atoms with van der Waals surface area (Å²) >= 11 is 6.04. The van der Waals surface area contributed by atoms with Crippen molar-refractivity contribution in [2.45, 2.75) is 56.6 Å². The fourth-order valence-corrected chi connectivity index (χ4v) is 5.15. The zero-order valence-corrected chi connectivity index (χ0v) is 20.0. The third-order valence-electron chi connectivity index (χ3n) is 6.89. The first kappa shape index (κ1) is 22.9. The van der Waals surface area contributed by atoms with Gasteiger partial charge in [0.15, 0.2) is 0 Å². The highest BCUT2D eigenvalue weighted by molar-refractivity contribution is 6.29. The Bertz CT molecular complexity index is 1080. The van der Waals surface area contributed by atoms with Gasteiger partial charge in [-0.2, -0.15) is 4.98 Å². The summed E-state index contributed by atoms with van der Waals surface area (Å²) in [4.78, 5) is 16.0. The smallest absolute Gasteiger partial charge is 0.229 e. The number of para-hydroxylation sites is 1. The van der Waals surface area contributed by atoms with Crippen molar-refractivity contribution in [1.82, 2.24) is 15.0 Å². The molecule has 0 radical (unpaired) electrons. The molecule has 1 aliphatic carbocycles. The first-order valence-electron chi connectivity index (χ1n) is 12.1. The molecule has 34 heavy (non-hydrogen) atoms. The summed E-state index contributed by atoms with van der Waals surface area (Å²) in [6.45, 7) is 2.03. The molecule has 178 valence electrons. The van der Waals surface area contributed by atoms with Crippen molar-refractivity contribution in [3.05, 3.63) is 65.6 Å². The van der Waals surface area contributed by atoms with Gasteiger partial charge in [0, 0.05) is 48.5 Å². The third kappa shape index (κ3) is 5.59. The van der Waals surface area contributed by atoms with Crippen molar-refractivity contribution in [2.75, 3.05) is 28.6 Å². The summed E-state index contributed by atoms with van der Waals surface area (Å²) in [6, 6.07) is 14.5. The molecule has 8 heteroatoms. The van der Waals surface area contributed by atoms with Gasteiger partial charge in [0.05, 0.1) is 6.10 Å². The van der Waals surface area contributed by atoms with E-state index in [9.17, 15) is 5.11 Å². The van der Waals surface area contributed by atoms with E-state index in [0.29, 0.717) is 23.1 Å². The van der Waals surface area contributed by atoms with Crippen molar-refractivity contribution < 1.29 is 5.11 Å². The van der Waals surface area contributed by atoms with Crippen LogP contribution in [0.15, 0.2) is 54.9 Å². The van der Waals surface area contributed by atoms with Crippen molar-refractivity contribution in [3.8, 4) is 0 Å². The highest BCUT2D eigenvalue weighted by Gasteiger charge is 2.26. The molecular formula is C26H31ClN6O. The van der Waals surface area contributed by atoms with Gasteiger partial charge in [0.2, 0.25) is 5.95 Å². The molecule has 3 aromatic rings. The molecule has 0 unspecified atom stereocenters. The van der Waals surface area contributed by atoms with Gasteiger partial charge in [-0.25, -0.2) is 9.97 Å². The van der Waals surface area contributed by atoms with Crippen LogP contribution in [0.2, 0.25) is 5.15 Å². The molecule has 0 amide bonds. The summed E-state index contributed by atoms with van der Waals surface area (Å²) in [7, 11) is 0. The van der Waals surface area contributed by atoms with Crippen molar-refractivity contribution >= 4 is 34.7 Å². The molecule has 3 N–H and O–H groups in total. The summed E-state index contributed by atoms with van der Waals surface area (Å²) in [5, 5.41) is 17.3. The molecule has 3 heterocycles. The van der Waals surface area contributed by atoms with Gasteiger partial charge >= 0.3 is 0 Å². The maximum atomic E-state index is 9.92. The Morgan fingerprint density at radius 1 is 0.941 bits per heavy atom. The van der Waals surface area contributed by atoms with Crippen molar-refractivity contribution in [1.29, 1.82) is 0 Å². The van der Waals surface area contributed by atoms with E-state index < -0.39 is 0 Å². The number of aromatic nitrogens is 3. The van der Waals surface area contributed by atoms with E-state index in [0.717, 1.165) is 63.1 Å². The molecule has 0 atom stereocenters. The first-order chi connectivity index (χ1) is 16.6. The normalized spacial score (nSPS) is 21.3. The number of rotatable bonds is 6. The second-order valence-electron chi connectivity index (χ2n) is 9.24. The molecule has 7 nitrogen and oxygen atoms in total. The van der Waals surface area contributed by atoms with E-state index in [1.165, 1.54) is 11.3 Å². The predicted molar refractivity (Wildman–Crippen MR) is 137 cm³/mol. The zero-order chi connectivity index (χ0) is 23.3. The fraction of sp³-hybridized carbons (Fsp3) is 0.423.